The number of hydrogen-bond donors (Lipinski definition) is 2. The number of benzene rings is 1. The van der Waals surface area contributed by atoms with Gasteiger partial charge in [0.25, 0.3) is 0 Å². The molecular weight excluding hydrogens is 449 g/mol. The van der Waals surface area contributed by atoms with E-state index in [9.17, 15) is 0 Å². The number of nitrogens with one attached hydrogen (secondary N) is 1. The van der Waals surface area contributed by atoms with Crippen LogP contribution in [0, 0.1) is 19.7 Å². The monoisotopic (exact) mass is 482 g/mol. The van der Waals surface area contributed by atoms with Gasteiger partial charge in [-0.25, -0.2) is 0 Å². The maximum absolute atomic E-state index is 6.28. The smallest absolute Gasteiger partial charge is 0.446 e. The Hall–Kier alpha value is -1.84. The minimum absolute atomic E-state index is 0. The molecule has 7 heteroatoms. The SMILES string of the molecule is C=C/C=C(\C=C/C)c1c[c-]n(/C(=C\[CH-]N/C=C\C(N)c2cccc(C)c2)N2CCOCC2)n1.[K+]. The second-order valence-electron chi connectivity index (χ2n) is 7.68. The van der Waals surface area contributed by atoms with Crippen LogP contribution in [0.15, 0.2) is 79.6 Å². The van der Waals surface area contributed by atoms with Crippen molar-refractivity contribution in [3.63, 3.8) is 0 Å². The van der Waals surface area contributed by atoms with E-state index in [2.05, 4.69) is 42.0 Å². The molecular formula is C27H33KN5O-. The number of aromatic nitrogens is 2. The first-order chi connectivity index (χ1) is 16.1. The van der Waals surface area contributed by atoms with Crippen LogP contribution in [0.25, 0.3) is 11.4 Å². The first-order valence-electron chi connectivity index (χ1n) is 11.2. The van der Waals surface area contributed by atoms with E-state index in [1.807, 2.05) is 68.2 Å². The van der Waals surface area contributed by atoms with Gasteiger partial charge in [0.15, 0.2) is 0 Å². The summed E-state index contributed by atoms with van der Waals surface area (Å²) in [5.41, 5.74) is 10.4. The zero-order valence-electron chi connectivity index (χ0n) is 20.4. The van der Waals surface area contributed by atoms with Crippen molar-refractivity contribution in [2.24, 2.45) is 5.73 Å². The van der Waals surface area contributed by atoms with Gasteiger partial charge in [-0.15, -0.1) is 12.6 Å². The van der Waals surface area contributed by atoms with E-state index in [1.165, 1.54) is 5.56 Å². The Morgan fingerprint density at radius 3 is 2.85 bits per heavy atom. The van der Waals surface area contributed by atoms with Crippen LogP contribution in [0.2, 0.25) is 0 Å². The molecule has 0 amide bonds. The summed E-state index contributed by atoms with van der Waals surface area (Å²) in [6.45, 7) is 12.7. The Morgan fingerprint density at radius 1 is 1.35 bits per heavy atom. The Kier molecular flexibility index (Phi) is 12.7. The van der Waals surface area contributed by atoms with E-state index in [4.69, 9.17) is 15.6 Å². The second-order valence-corrected chi connectivity index (χ2v) is 7.68. The van der Waals surface area contributed by atoms with Gasteiger partial charge >= 0.3 is 51.4 Å². The molecule has 3 rings (SSSR count). The molecule has 1 saturated heterocycles. The van der Waals surface area contributed by atoms with Crippen LogP contribution in [0.4, 0.5) is 0 Å². The molecule has 0 spiro atoms. The third-order valence-corrected chi connectivity index (χ3v) is 5.18. The van der Waals surface area contributed by atoms with Crippen molar-refractivity contribution in [1.82, 2.24) is 20.0 Å². The Labute approximate surface area is 246 Å². The number of ether oxygens (including phenoxy) is 1. The average Bonchev–Trinajstić information content (AvgIpc) is 3.31. The minimum atomic E-state index is -0.169. The molecule has 1 aliphatic rings. The van der Waals surface area contributed by atoms with Gasteiger partial charge in [-0.3, -0.25) is 5.10 Å². The van der Waals surface area contributed by atoms with E-state index in [-0.39, 0.29) is 57.4 Å². The van der Waals surface area contributed by atoms with Crippen LogP contribution in [-0.2, 0) is 4.74 Å². The fraction of sp³-hybridized carbons (Fsp3) is 0.259. The van der Waals surface area contributed by atoms with Gasteiger partial charge in [0.05, 0.1) is 13.2 Å². The maximum Gasteiger partial charge on any atom is 1.00 e. The molecule has 34 heavy (non-hydrogen) atoms. The summed E-state index contributed by atoms with van der Waals surface area (Å²) in [6.07, 6.45) is 16.7. The Balaban J connectivity index is 0.00000408. The van der Waals surface area contributed by atoms with E-state index in [1.54, 1.807) is 10.8 Å². The number of nitrogens with two attached hydrogens (primary N) is 1. The Morgan fingerprint density at radius 2 is 2.15 bits per heavy atom. The van der Waals surface area contributed by atoms with Crippen molar-refractivity contribution >= 4 is 11.4 Å². The topological polar surface area (TPSA) is 68.3 Å². The number of morpholine rings is 1. The van der Waals surface area contributed by atoms with Crippen LogP contribution < -0.4 is 62.4 Å². The molecule has 6 nitrogen and oxygen atoms in total. The van der Waals surface area contributed by atoms with Crippen LogP contribution in [-0.4, -0.2) is 41.0 Å². The van der Waals surface area contributed by atoms with Crippen LogP contribution in [0.1, 0.15) is 29.8 Å². The third-order valence-electron chi connectivity index (χ3n) is 5.18. The molecule has 1 aliphatic heterocycles. The normalized spacial score (nSPS) is 15.9. The summed E-state index contributed by atoms with van der Waals surface area (Å²) < 4.78 is 7.30. The van der Waals surface area contributed by atoms with Crippen LogP contribution in [0.3, 0.4) is 0 Å². The van der Waals surface area contributed by atoms with Crippen molar-refractivity contribution in [3.05, 3.63) is 109 Å². The third kappa shape index (κ3) is 8.43. The predicted molar refractivity (Wildman–Crippen MR) is 135 cm³/mol. The summed E-state index contributed by atoms with van der Waals surface area (Å²) in [4.78, 5) is 2.24. The van der Waals surface area contributed by atoms with Crippen molar-refractivity contribution in [1.29, 1.82) is 0 Å². The van der Waals surface area contributed by atoms with E-state index < -0.39 is 0 Å². The molecule has 0 radical (unpaired) electrons. The molecule has 0 saturated carbocycles. The van der Waals surface area contributed by atoms with Gasteiger partial charge < -0.3 is 25.4 Å². The standard InChI is InChI=1S/C27H33N5O.K/c1-4-7-23(8-5-2)26-13-16-32(30-26)27(31-17-19-33-20-18-31)12-15-29-14-11-25(28)24-10-6-9-22(3)21-24;/h4-15,21,25,29H,1,17-20,28H2,2-3H3;/q-2;+1/b8-5-,14-11-,23-7+,27-12-;. The maximum atomic E-state index is 6.28. The van der Waals surface area contributed by atoms with Crippen molar-refractivity contribution in [2.45, 2.75) is 19.9 Å². The van der Waals surface area contributed by atoms with Gasteiger partial charge in [-0.05, 0) is 43.2 Å². The molecule has 1 unspecified atom stereocenters. The minimum Gasteiger partial charge on any atom is -0.446 e. The van der Waals surface area contributed by atoms with Crippen LogP contribution >= 0.6 is 0 Å². The van der Waals surface area contributed by atoms with E-state index >= 15 is 0 Å². The van der Waals surface area contributed by atoms with E-state index in [0.717, 1.165) is 35.7 Å². The second kappa shape index (κ2) is 15.2. The summed E-state index contributed by atoms with van der Waals surface area (Å²) in [5.74, 6) is 0.923. The van der Waals surface area contributed by atoms with Gasteiger partial charge in [0.1, 0.15) is 0 Å². The quantitative estimate of drug-likeness (QED) is 0.231. The predicted octanol–water partition coefficient (Wildman–Crippen LogP) is 1.24. The first kappa shape index (κ1) is 28.4. The molecule has 1 atom stereocenters. The fourth-order valence-corrected chi connectivity index (χ4v) is 3.51. The molecule has 2 aromatic rings. The molecule has 0 aliphatic carbocycles. The molecule has 174 valence electrons. The summed E-state index contributed by atoms with van der Waals surface area (Å²) in [5, 5.41) is 7.96. The number of rotatable bonds is 10. The summed E-state index contributed by atoms with van der Waals surface area (Å²) in [7, 11) is 0. The molecule has 0 bridgehead atoms. The van der Waals surface area contributed by atoms with Gasteiger partial charge in [0.2, 0.25) is 0 Å². The van der Waals surface area contributed by atoms with Crippen molar-refractivity contribution in [2.75, 3.05) is 26.3 Å². The van der Waals surface area contributed by atoms with Crippen molar-refractivity contribution in [3.8, 4) is 0 Å². The first-order valence-corrected chi connectivity index (χ1v) is 11.2. The number of nitrogens with zero attached hydrogens (tertiary/aromatic N) is 3. The molecule has 2 heterocycles. The summed E-state index contributed by atoms with van der Waals surface area (Å²) in [6, 6.07) is 9.95. The molecule has 1 aromatic heterocycles. The van der Waals surface area contributed by atoms with Crippen molar-refractivity contribution < 1.29 is 56.1 Å². The molecule has 3 N–H and O–H groups in total. The van der Waals surface area contributed by atoms with Gasteiger partial charge in [-0.2, -0.15) is 6.08 Å². The van der Waals surface area contributed by atoms with Gasteiger partial charge in [-0.1, -0.05) is 72.5 Å². The Bertz CT molecular complexity index is 1030. The van der Waals surface area contributed by atoms with Gasteiger partial charge in [0, 0.05) is 19.1 Å². The largest absolute Gasteiger partial charge is 1.00 e. The number of hydrogen-bond acceptors (Lipinski definition) is 5. The zero-order valence-corrected chi connectivity index (χ0v) is 23.6. The summed E-state index contributed by atoms with van der Waals surface area (Å²) >= 11 is 0. The molecule has 1 aromatic carbocycles. The zero-order chi connectivity index (χ0) is 23.5. The van der Waals surface area contributed by atoms with Crippen LogP contribution in [0.5, 0.6) is 0 Å². The number of allylic oxidation sites excluding steroid dienone is 5. The molecule has 1 fully saturated rings. The fourth-order valence-electron chi connectivity index (χ4n) is 3.51. The number of aryl methyl sites for hydroxylation is 1. The van der Waals surface area contributed by atoms with E-state index in [0.29, 0.717) is 13.2 Å². The average molecular weight is 483 g/mol.